The van der Waals surface area contributed by atoms with Gasteiger partial charge in [-0.2, -0.15) is 0 Å². The van der Waals surface area contributed by atoms with Gasteiger partial charge >= 0.3 is 0 Å². The summed E-state index contributed by atoms with van der Waals surface area (Å²) in [5.74, 6) is 0.920. The molecule has 0 saturated heterocycles. The topological polar surface area (TPSA) is 37.4 Å². The molecule has 0 fully saturated rings. The van der Waals surface area contributed by atoms with Gasteiger partial charge in [0, 0.05) is 18.7 Å². The quantitative estimate of drug-likeness (QED) is 0.720. The zero-order valence-electron chi connectivity index (χ0n) is 11.8. The standard InChI is InChI=1S/C15H21NO2S/c1-4-16(5-2)15(18)11-19-10-14(17)13-8-6-7-12(3)9-13/h6-9H,4-5,10-11H2,1-3H3. The number of thioether (sulfide) groups is 1. The molecule has 0 atom stereocenters. The van der Waals surface area contributed by atoms with Gasteiger partial charge in [0.1, 0.15) is 0 Å². The number of ketones is 1. The molecule has 0 aliphatic rings. The molecule has 1 aromatic rings. The molecule has 19 heavy (non-hydrogen) atoms. The summed E-state index contributed by atoms with van der Waals surface area (Å²) in [7, 11) is 0. The van der Waals surface area contributed by atoms with Crippen molar-refractivity contribution in [3.05, 3.63) is 35.4 Å². The molecular formula is C15H21NO2S. The maximum Gasteiger partial charge on any atom is 0.232 e. The second-order valence-corrected chi connectivity index (χ2v) is 5.34. The van der Waals surface area contributed by atoms with E-state index in [2.05, 4.69) is 0 Å². The molecule has 0 saturated carbocycles. The predicted octanol–water partition coefficient (Wildman–Crippen LogP) is 2.78. The minimum absolute atomic E-state index is 0.0843. The van der Waals surface area contributed by atoms with E-state index in [0.717, 1.165) is 24.2 Å². The van der Waals surface area contributed by atoms with Gasteiger partial charge in [-0.3, -0.25) is 9.59 Å². The first-order valence-corrected chi connectivity index (χ1v) is 7.69. The summed E-state index contributed by atoms with van der Waals surface area (Å²) in [6, 6.07) is 7.55. The third-order valence-electron chi connectivity index (χ3n) is 2.91. The predicted molar refractivity (Wildman–Crippen MR) is 80.8 cm³/mol. The number of carbonyl (C=O) groups excluding carboxylic acids is 2. The van der Waals surface area contributed by atoms with Gasteiger partial charge in [-0.05, 0) is 26.8 Å². The largest absolute Gasteiger partial charge is 0.343 e. The maximum absolute atomic E-state index is 11.9. The molecule has 0 N–H and O–H groups in total. The molecule has 3 nitrogen and oxygen atoms in total. The van der Waals surface area contributed by atoms with Crippen LogP contribution < -0.4 is 0 Å². The lowest BCUT2D eigenvalue weighted by atomic mass is 10.1. The van der Waals surface area contributed by atoms with E-state index in [0.29, 0.717) is 11.5 Å². The highest BCUT2D eigenvalue weighted by Gasteiger charge is 2.11. The van der Waals surface area contributed by atoms with Gasteiger partial charge in [0.25, 0.3) is 0 Å². The Morgan fingerprint density at radius 2 is 1.84 bits per heavy atom. The summed E-state index contributed by atoms with van der Waals surface area (Å²) >= 11 is 1.39. The molecule has 1 rings (SSSR count). The van der Waals surface area contributed by atoms with E-state index in [1.807, 2.05) is 45.0 Å². The van der Waals surface area contributed by atoms with Crippen LogP contribution in [0.1, 0.15) is 29.8 Å². The lowest BCUT2D eigenvalue weighted by Crippen LogP contribution is -2.32. The molecule has 0 spiro atoms. The number of Topliss-reactive ketones (excluding diaryl/α,β-unsaturated/α-hetero) is 1. The Bertz CT molecular complexity index is 442. The minimum atomic E-state index is 0.0843. The van der Waals surface area contributed by atoms with Crippen molar-refractivity contribution in [1.82, 2.24) is 4.90 Å². The summed E-state index contributed by atoms with van der Waals surface area (Å²) in [6.45, 7) is 7.34. The Morgan fingerprint density at radius 1 is 1.16 bits per heavy atom. The molecule has 0 aliphatic heterocycles. The van der Waals surface area contributed by atoms with Gasteiger partial charge < -0.3 is 4.90 Å². The van der Waals surface area contributed by atoms with E-state index in [9.17, 15) is 9.59 Å². The summed E-state index contributed by atoms with van der Waals surface area (Å²) in [4.78, 5) is 25.5. The summed E-state index contributed by atoms with van der Waals surface area (Å²) in [6.07, 6.45) is 0. The fraction of sp³-hybridized carbons (Fsp3) is 0.467. The SMILES string of the molecule is CCN(CC)C(=O)CSCC(=O)c1cccc(C)c1. The highest BCUT2D eigenvalue weighted by Crippen LogP contribution is 2.10. The molecule has 0 bridgehead atoms. The molecule has 1 amide bonds. The van der Waals surface area contributed by atoms with Crippen molar-refractivity contribution in [2.45, 2.75) is 20.8 Å². The van der Waals surface area contributed by atoms with Gasteiger partial charge in [0.15, 0.2) is 5.78 Å². The number of rotatable bonds is 7. The van der Waals surface area contributed by atoms with E-state index in [-0.39, 0.29) is 11.7 Å². The van der Waals surface area contributed by atoms with Crippen LogP contribution in [-0.2, 0) is 4.79 Å². The number of benzene rings is 1. The van der Waals surface area contributed by atoms with Crippen LogP contribution in [0.25, 0.3) is 0 Å². The van der Waals surface area contributed by atoms with E-state index in [4.69, 9.17) is 0 Å². The van der Waals surface area contributed by atoms with Gasteiger partial charge in [0.05, 0.1) is 11.5 Å². The van der Waals surface area contributed by atoms with E-state index < -0.39 is 0 Å². The second kappa shape index (κ2) is 8.00. The highest BCUT2D eigenvalue weighted by molar-refractivity contribution is 8.00. The number of hydrogen-bond acceptors (Lipinski definition) is 3. The number of aryl methyl sites for hydroxylation is 1. The molecule has 1 aromatic carbocycles. The average molecular weight is 279 g/mol. The third kappa shape index (κ3) is 5.07. The Labute approximate surface area is 119 Å². The Hall–Kier alpha value is -1.29. The first kappa shape index (κ1) is 15.8. The van der Waals surface area contributed by atoms with Crippen LogP contribution in [0.15, 0.2) is 24.3 Å². The lowest BCUT2D eigenvalue weighted by Gasteiger charge is -2.17. The van der Waals surface area contributed by atoms with E-state index in [1.165, 1.54) is 11.8 Å². The van der Waals surface area contributed by atoms with Crippen LogP contribution in [0.4, 0.5) is 0 Å². The Morgan fingerprint density at radius 3 is 2.42 bits per heavy atom. The van der Waals surface area contributed by atoms with Gasteiger partial charge in [-0.1, -0.05) is 23.8 Å². The molecule has 0 unspecified atom stereocenters. The van der Waals surface area contributed by atoms with Crippen molar-refractivity contribution < 1.29 is 9.59 Å². The van der Waals surface area contributed by atoms with Crippen LogP contribution >= 0.6 is 11.8 Å². The molecule has 0 aromatic heterocycles. The molecule has 0 heterocycles. The molecule has 4 heteroatoms. The van der Waals surface area contributed by atoms with Crippen molar-refractivity contribution in [3.63, 3.8) is 0 Å². The van der Waals surface area contributed by atoms with Crippen molar-refractivity contribution in [2.24, 2.45) is 0 Å². The van der Waals surface area contributed by atoms with Crippen LogP contribution in [-0.4, -0.2) is 41.2 Å². The van der Waals surface area contributed by atoms with Gasteiger partial charge in [-0.15, -0.1) is 11.8 Å². The first-order valence-electron chi connectivity index (χ1n) is 6.53. The lowest BCUT2D eigenvalue weighted by molar-refractivity contribution is -0.127. The van der Waals surface area contributed by atoms with Crippen LogP contribution in [0.5, 0.6) is 0 Å². The zero-order chi connectivity index (χ0) is 14.3. The first-order chi connectivity index (χ1) is 9.08. The van der Waals surface area contributed by atoms with E-state index >= 15 is 0 Å². The van der Waals surface area contributed by atoms with Crippen LogP contribution in [0, 0.1) is 6.92 Å². The van der Waals surface area contributed by atoms with Crippen molar-refractivity contribution in [2.75, 3.05) is 24.6 Å². The number of hydrogen-bond donors (Lipinski definition) is 0. The summed E-state index contributed by atoms with van der Waals surface area (Å²) in [5.41, 5.74) is 1.80. The van der Waals surface area contributed by atoms with Crippen molar-refractivity contribution in [1.29, 1.82) is 0 Å². The van der Waals surface area contributed by atoms with Crippen molar-refractivity contribution >= 4 is 23.5 Å². The Kier molecular flexibility index (Phi) is 6.64. The molecular weight excluding hydrogens is 258 g/mol. The second-order valence-electron chi connectivity index (χ2n) is 4.35. The summed E-state index contributed by atoms with van der Waals surface area (Å²) < 4.78 is 0. The minimum Gasteiger partial charge on any atom is -0.343 e. The number of amides is 1. The number of nitrogens with zero attached hydrogens (tertiary/aromatic N) is 1. The highest BCUT2D eigenvalue weighted by atomic mass is 32.2. The fourth-order valence-corrected chi connectivity index (χ4v) is 2.61. The van der Waals surface area contributed by atoms with Crippen LogP contribution in [0.2, 0.25) is 0 Å². The van der Waals surface area contributed by atoms with Crippen molar-refractivity contribution in [3.8, 4) is 0 Å². The monoisotopic (exact) mass is 279 g/mol. The smallest absolute Gasteiger partial charge is 0.232 e. The summed E-state index contributed by atoms with van der Waals surface area (Å²) in [5, 5.41) is 0. The number of carbonyl (C=O) groups is 2. The molecule has 104 valence electrons. The average Bonchev–Trinajstić information content (AvgIpc) is 2.40. The normalized spacial score (nSPS) is 10.3. The maximum atomic E-state index is 11.9. The van der Waals surface area contributed by atoms with Gasteiger partial charge in [0.2, 0.25) is 5.91 Å². The van der Waals surface area contributed by atoms with Gasteiger partial charge in [-0.25, -0.2) is 0 Å². The molecule has 0 aliphatic carbocycles. The zero-order valence-corrected chi connectivity index (χ0v) is 12.6. The third-order valence-corrected chi connectivity index (χ3v) is 3.83. The van der Waals surface area contributed by atoms with E-state index in [1.54, 1.807) is 4.90 Å². The molecule has 0 radical (unpaired) electrons. The fourth-order valence-electron chi connectivity index (χ4n) is 1.80. The van der Waals surface area contributed by atoms with Crippen LogP contribution in [0.3, 0.4) is 0 Å². The Balaban J connectivity index is 2.41.